The average molecular weight is 356 g/mol. The number of aromatic hydroxyl groups is 1. The largest absolute Gasteiger partial charge is 0.508 e. The van der Waals surface area contributed by atoms with E-state index < -0.39 is 37.3 Å². The van der Waals surface area contributed by atoms with Gasteiger partial charge in [-0.1, -0.05) is 12.2 Å². The molecule has 0 amide bonds. The molecule has 0 radical (unpaired) electrons. The molecular formula is C17H24O8. The molecule has 1 saturated heterocycles. The molecule has 2 rings (SSSR count). The molecule has 0 saturated carbocycles. The molecule has 0 spiro atoms. The fraction of sp³-hybridized carbons (Fsp3) is 0.529. The normalized spacial score (nSPS) is 29.9. The minimum Gasteiger partial charge on any atom is -0.508 e. The SMILES string of the molecule is OCCC=CCc1cc(O)cc(O[C@@H]2O[C@H](CO)[C@@H](O)[C@H](O)[C@H]2O)c1. The second kappa shape index (κ2) is 9.14. The lowest BCUT2D eigenvalue weighted by Gasteiger charge is -2.39. The lowest BCUT2D eigenvalue weighted by molar-refractivity contribution is -0.277. The number of phenols is 1. The second-order valence-electron chi connectivity index (χ2n) is 5.84. The summed E-state index contributed by atoms with van der Waals surface area (Å²) in [4.78, 5) is 0. The van der Waals surface area contributed by atoms with Gasteiger partial charge in [0.25, 0.3) is 0 Å². The van der Waals surface area contributed by atoms with Crippen LogP contribution in [0.3, 0.4) is 0 Å². The van der Waals surface area contributed by atoms with Crippen molar-refractivity contribution in [3.8, 4) is 11.5 Å². The Kier molecular flexibility index (Phi) is 7.18. The zero-order valence-corrected chi connectivity index (χ0v) is 13.6. The van der Waals surface area contributed by atoms with Crippen LogP contribution in [-0.4, -0.2) is 74.6 Å². The molecule has 1 aromatic rings. The Balaban J connectivity index is 2.09. The number of allylic oxidation sites excluding steroid dienone is 1. The summed E-state index contributed by atoms with van der Waals surface area (Å²) in [5.41, 5.74) is 0.730. The molecule has 1 aromatic carbocycles. The maximum atomic E-state index is 9.98. The van der Waals surface area contributed by atoms with Crippen LogP contribution in [0.2, 0.25) is 0 Å². The first-order chi connectivity index (χ1) is 12.0. The number of rotatable bonds is 7. The van der Waals surface area contributed by atoms with Crippen LogP contribution in [0.25, 0.3) is 0 Å². The second-order valence-corrected chi connectivity index (χ2v) is 5.84. The number of ether oxygens (including phenoxy) is 2. The molecule has 0 bridgehead atoms. The van der Waals surface area contributed by atoms with Crippen molar-refractivity contribution in [1.29, 1.82) is 0 Å². The minimum absolute atomic E-state index is 0.0485. The molecule has 1 fully saturated rings. The lowest BCUT2D eigenvalue weighted by Crippen LogP contribution is -2.60. The van der Waals surface area contributed by atoms with Gasteiger partial charge in [-0.25, -0.2) is 0 Å². The number of hydrogen-bond donors (Lipinski definition) is 6. The first kappa shape index (κ1) is 19.6. The molecule has 5 atom stereocenters. The van der Waals surface area contributed by atoms with Crippen LogP contribution >= 0.6 is 0 Å². The van der Waals surface area contributed by atoms with Crippen LogP contribution in [0.1, 0.15) is 12.0 Å². The summed E-state index contributed by atoms with van der Waals surface area (Å²) in [6.45, 7) is -0.492. The summed E-state index contributed by atoms with van der Waals surface area (Å²) in [6, 6.07) is 4.50. The first-order valence-electron chi connectivity index (χ1n) is 8.02. The highest BCUT2D eigenvalue weighted by Crippen LogP contribution is 2.27. The smallest absolute Gasteiger partial charge is 0.229 e. The fourth-order valence-electron chi connectivity index (χ4n) is 2.54. The third-order valence-corrected chi connectivity index (χ3v) is 3.87. The van der Waals surface area contributed by atoms with Gasteiger partial charge in [0.15, 0.2) is 0 Å². The molecule has 140 valence electrons. The maximum absolute atomic E-state index is 9.98. The highest BCUT2D eigenvalue weighted by Gasteiger charge is 2.44. The van der Waals surface area contributed by atoms with E-state index in [9.17, 15) is 25.5 Å². The van der Waals surface area contributed by atoms with Crippen molar-refractivity contribution in [1.82, 2.24) is 0 Å². The molecular weight excluding hydrogens is 332 g/mol. The van der Waals surface area contributed by atoms with Crippen molar-refractivity contribution in [3.63, 3.8) is 0 Å². The van der Waals surface area contributed by atoms with Gasteiger partial charge < -0.3 is 40.1 Å². The molecule has 0 aliphatic carbocycles. The van der Waals surface area contributed by atoms with E-state index >= 15 is 0 Å². The standard InChI is InChI=1S/C17H24O8/c18-5-3-1-2-4-10-6-11(20)8-12(7-10)24-17-16(23)15(22)14(21)13(9-19)25-17/h1-2,6-8,13-23H,3-5,9H2/t13-,14-,15+,16-,17-/m1/s1. The number of aliphatic hydroxyl groups excluding tert-OH is 5. The topological polar surface area (TPSA) is 140 Å². The predicted molar refractivity (Wildman–Crippen MR) is 87.0 cm³/mol. The zero-order valence-electron chi connectivity index (χ0n) is 13.6. The quantitative estimate of drug-likeness (QED) is 0.344. The van der Waals surface area contributed by atoms with Gasteiger partial charge in [0.05, 0.1) is 6.61 Å². The molecule has 0 aromatic heterocycles. The predicted octanol–water partition coefficient (Wildman–Crippen LogP) is -0.948. The Bertz CT molecular complexity index is 574. The third-order valence-electron chi connectivity index (χ3n) is 3.87. The van der Waals surface area contributed by atoms with Gasteiger partial charge in [-0.2, -0.15) is 0 Å². The van der Waals surface area contributed by atoms with Gasteiger partial charge in [0, 0.05) is 12.7 Å². The number of benzene rings is 1. The van der Waals surface area contributed by atoms with Gasteiger partial charge in [-0.3, -0.25) is 0 Å². The van der Waals surface area contributed by atoms with Crippen LogP contribution in [0.15, 0.2) is 30.4 Å². The third kappa shape index (κ3) is 5.15. The Morgan fingerprint density at radius 1 is 1.00 bits per heavy atom. The van der Waals surface area contributed by atoms with E-state index in [2.05, 4.69) is 0 Å². The van der Waals surface area contributed by atoms with Crippen LogP contribution in [0, 0.1) is 0 Å². The molecule has 6 N–H and O–H groups in total. The Morgan fingerprint density at radius 3 is 2.44 bits per heavy atom. The van der Waals surface area contributed by atoms with Crippen molar-refractivity contribution in [3.05, 3.63) is 35.9 Å². The van der Waals surface area contributed by atoms with Crippen molar-refractivity contribution in [2.45, 2.75) is 43.5 Å². The van der Waals surface area contributed by atoms with Gasteiger partial charge in [-0.15, -0.1) is 0 Å². The summed E-state index contributed by atoms with van der Waals surface area (Å²) in [5, 5.41) is 57.2. The minimum atomic E-state index is -1.53. The lowest BCUT2D eigenvalue weighted by atomic mass is 9.99. The summed E-state index contributed by atoms with van der Waals surface area (Å²) in [7, 11) is 0. The Hall–Kier alpha value is -1.68. The number of hydrogen-bond acceptors (Lipinski definition) is 8. The molecule has 1 aliphatic heterocycles. The maximum Gasteiger partial charge on any atom is 0.229 e. The summed E-state index contributed by atoms with van der Waals surface area (Å²) in [6.07, 6.45) is -2.22. The average Bonchev–Trinajstić information content (AvgIpc) is 2.59. The highest BCUT2D eigenvalue weighted by atomic mass is 16.7. The Labute approximate surface area is 145 Å². The van der Waals surface area contributed by atoms with Crippen LogP contribution in [-0.2, 0) is 11.2 Å². The van der Waals surface area contributed by atoms with Crippen molar-refractivity contribution in [2.24, 2.45) is 0 Å². The number of aliphatic hydroxyl groups is 5. The van der Waals surface area contributed by atoms with Crippen molar-refractivity contribution in [2.75, 3.05) is 13.2 Å². The highest BCUT2D eigenvalue weighted by molar-refractivity contribution is 5.38. The van der Waals surface area contributed by atoms with E-state index in [-0.39, 0.29) is 18.1 Å². The fourth-order valence-corrected chi connectivity index (χ4v) is 2.54. The van der Waals surface area contributed by atoms with Crippen LogP contribution in [0.5, 0.6) is 11.5 Å². The van der Waals surface area contributed by atoms with Crippen molar-refractivity contribution < 1.29 is 40.1 Å². The van der Waals surface area contributed by atoms with Crippen molar-refractivity contribution >= 4 is 0 Å². The number of phenolic OH excluding ortho intramolecular Hbond substituents is 1. The zero-order chi connectivity index (χ0) is 18.4. The molecule has 8 heteroatoms. The van der Waals surface area contributed by atoms with Gasteiger partial charge in [0.1, 0.15) is 35.9 Å². The van der Waals surface area contributed by atoms with E-state index in [0.717, 1.165) is 5.56 Å². The van der Waals surface area contributed by atoms with Gasteiger partial charge >= 0.3 is 0 Å². The Morgan fingerprint density at radius 2 is 1.76 bits per heavy atom. The van der Waals surface area contributed by atoms with Gasteiger partial charge in [-0.05, 0) is 30.5 Å². The molecule has 0 unspecified atom stereocenters. The van der Waals surface area contributed by atoms with E-state index in [1.54, 1.807) is 12.1 Å². The summed E-state index contributed by atoms with van der Waals surface area (Å²) in [5.74, 6) is 0.155. The van der Waals surface area contributed by atoms with Crippen LogP contribution < -0.4 is 4.74 Å². The first-order valence-corrected chi connectivity index (χ1v) is 8.02. The molecule has 8 nitrogen and oxygen atoms in total. The van der Waals surface area contributed by atoms with E-state index in [4.69, 9.17) is 14.6 Å². The summed E-state index contributed by atoms with van der Waals surface area (Å²) < 4.78 is 10.8. The molecule has 1 aliphatic rings. The van der Waals surface area contributed by atoms with E-state index in [0.29, 0.717) is 12.8 Å². The van der Waals surface area contributed by atoms with Crippen LogP contribution in [0.4, 0.5) is 0 Å². The monoisotopic (exact) mass is 356 g/mol. The van der Waals surface area contributed by atoms with E-state index in [1.807, 2.05) is 12.2 Å². The molecule has 25 heavy (non-hydrogen) atoms. The summed E-state index contributed by atoms with van der Waals surface area (Å²) >= 11 is 0. The molecule has 1 heterocycles. The van der Waals surface area contributed by atoms with E-state index in [1.165, 1.54) is 6.07 Å². The van der Waals surface area contributed by atoms with Gasteiger partial charge in [0.2, 0.25) is 6.29 Å².